The zero-order chi connectivity index (χ0) is 16.1. The van der Waals surface area contributed by atoms with E-state index in [2.05, 4.69) is 19.9 Å². The van der Waals surface area contributed by atoms with Gasteiger partial charge in [0, 0.05) is 31.8 Å². The first-order valence-electron chi connectivity index (χ1n) is 6.83. The smallest absolute Gasteiger partial charge is 0.259 e. The molecule has 114 valence electrons. The topological polar surface area (TPSA) is 71.9 Å². The van der Waals surface area contributed by atoms with Crippen LogP contribution in [0, 0.1) is 0 Å². The average Bonchev–Trinajstić information content (AvgIpc) is 2.63. The quantitative estimate of drug-likeness (QED) is 0.687. The summed E-state index contributed by atoms with van der Waals surface area (Å²) in [6.07, 6.45) is 8.22. The maximum atomic E-state index is 12.4. The molecule has 0 atom stereocenters. The van der Waals surface area contributed by atoms with E-state index in [4.69, 9.17) is 0 Å². The summed E-state index contributed by atoms with van der Waals surface area (Å²) in [5.41, 5.74) is 1.24. The average molecular weight is 323 g/mol. The highest BCUT2D eigenvalue weighted by Gasteiger charge is 2.14. The molecule has 0 aliphatic carbocycles. The van der Waals surface area contributed by atoms with E-state index < -0.39 is 0 Å². The molecule has 0 aliphatic rings. The van der Waals surface area contributed by atoms with E-state index in [1.165, 1.54) is 16.7 Å². The number of anilines is 1. The van der Waals surface area contributed by atoms with Gasteiger partial charge in [0.2, 0.25) is 0 Å². The lowest BCUT2D eigenvalue weighted by Crippen LogP contribution is -2.26. The molecule has 3 rings (SSSR count). The van der Waals surface area contributed by atoms with Gasteiger partial charge in [0.1, 0.15) is 5.03 Å². The lowest BCUT2D eigenvalue weighted by Gasteiger charge is -2.16. The Morgan fingerprint density at radius 3 is 2.48 bits per heavy atom. The van der Waals surface area contributed by atoms with E-state index in [-0.39, 0.29) is 5.91 Å². The van der Waals surface area contributed by atoms with Crippen molar-refractivity contribution in [1.29, 1.82) is 0 Å². The SMILES string of the molecule is CN(C(=O)c1ccc(Sc2ncccn2)nc1)c1cccnc1. The van der Waals surface area contributed by atoms with Gasteiger partial charge in [0.15, 0.2) is 5.16 Å². The number of amides is 1. The van der Waals surface area contributed by atoms with Crippen molar-refractivity contribution >= 4 is 23.4 Å². The van der Waals surface area contributed by atoms with Gasteiger partial charge in [-0.2, -0.15) is 0 Å². The maximum absolute atomic E-state index is 12.4. The number of nitrogens with zero attached hydrogens (tertiary/aromatic N) is 5. The Balaban J connectivity index is 1.73. The van der Waals surface area contributed by atoms with Crippen molar-refractivity contribution in [2.75, 3.05) is 11.9 Å². The molecule has 3 aromatic rings. The molecule has 0 bridgehead atoms. The lowest BCUT2D eigenvalue weighted by atomic mass is 10.2. The summed E-state index contributed by atoms with van der Waals surface area (Å²) in [6.45, 7) is 0. The van der Waals surface area contributed by atoms with E-state index in [9.17, 15) is 4.79 Å². The molecular formula is C16H13N5OS. The van der Waals surface area contributed by atoms with Crippen LogP contribution in [0.3, 0.4) is 0 Å². The molecule has 0 saturated heterocycles. The predicted octanol–water partition coefficient (Wildman–Crippen LogP) is 2.69. The second-order valence-corrected chi connectivity index (χ2v) is 5.58. The van der Waals surface area contributed by atoms with Crippen LogP contribution >= 0.6 is 11.8 Å². The van der Waals surface area contributed by atoms with Crippen molar-refractivity contribution in [3.05, 3.63) is 66.9 Å². The van der Waals surface area contributed by atoms with Crippen LogP contribution in [0.15, 0.2) is 71.5 Å². The predicted molar refractivity (Wildman–Crippen MR) is 87.4 cm³/mol. The van der Waals surface area contributed by atoms with Crippen LogP contribution in [0.1, 0.15) is 10.4 Å². The van der Waals surface area contributed by atoms with E-state index in [0.29, 0.717) is 10.7 Å². The summed E-state index contributed by atoms with van der Waals surface area (Å²) in [5, 5.41) is 1.35. The van der Waals surface area contributed by atoms with Crippen LogP contribution in [0.2, 0.25) is 0 Å². The van der Waals surface area contributed by atoms with Crippen LogP contribution in [0.25, 0.3) is 0 Å². The number of carbonyl (C=O) groups is 1. The van der Waals surface area contributed by atoms with E-state index >= 15 is 0 Å². The van der Waals surface area contributed by atoms with Gasteiger partial charge in [-0.1, -0.05) is 0 Å². The highest BCUT2D eigenvalue weighted by molar-refractivity contribution is 7.99. The zero-order valence-corrected chi connectivity index (χ0v) is 13.1. The lowest BCUT2D eigenvalue weighted by molar-refractivity contribution is 0.0992. The molecule has 0 spiro atoms. The first-order valence-corrected chi connectivity index (χ1v) is 7.65. The van der Waals surface area contributed by atoms with Gasteiger partial charge in [-0.15, -0.1) is 0 Å². The fourth-order valence-electron chi connectivity index (χ4n) is 1.86. The summed E-state index contributed by atoms with van der Waals surface area (Å²) < 4.78 is 0. The van der Waals surface area contributed by atoms with Gasteiger partial charge >= 0.3 is 0 Å². The monoisotopic (exact) mass is 323 g/mol. The number of hydrogen-bond donors (Lipinski definition) is 0. The first kappa shape index (κ1) is 15.1. The number of rotatable bonds is 4. The van der Waals surface area contributed by atoms with Crippen molar-refractivity contribution in [2.45, 2.75) is 10.2 Å². The number of carbonyl (C=O) groups excluding carboxylic acids is 1. The van der Waals surface area contributed by atoms with Crippen LogP contribution in [-0.2, 0) is 0 Å². The molecule has 0 N–H and O–H groups in total. The molecule has 3 aromatic heterocycles. The highest BCUT2D eigenvalue weighted by atomic mass is 32.2. The molecule has 0 unspecified atom stereocenters. The Kier molecular flexibility index (Phi) is 4.58. The number of aromatic nitrogens is 4. The third kappa shape index (κ3) is 3.70. The second-order valence-electron chi connectivity index (χ2n) is 4.59. The van der Waals surface area contributed by atoms with E-state index in [1.807, 2.05) is 6.07 Å². The molecule has 1 amide bonds. The molecule has 0 radical (unpaired) electrons. The molecule has 0 saturated carbocycles. The van der Waals surface area contributed by atoms with Gasteiger partial charge in [0.25, 0.3) is 5.91 Å². The third-order valence-corrected chi connectivity index (χ3v) is 3.90. The van der Waals surface area contributed by atoms with Gasteiger partial charge in [-0.05, 0) is 42.1 Å². The summed E-state index contributed by atoms with van der Waals surface area (Å²) in [7, 11) is 1.71. The summed E-state index contributed by atoms with van der Waals surface area (Å²) in [4.78, 5) is 30.5. The summed E-state index contributed by atoms with van der Waals surface area (Å²) >= 11 is 1.34. The van der Waals surface area contributed by atoms with Gasteiger partial charge in [-0.3, -0.25) is 9.78 Å². The largest absolute Gasteiger partial charge is 0.310 e. The number of hydrogen-bond acceptors (Lipinski definition) is 6. The van der Waals surface area contributed by atoms with Crippen molar-refractivity contribution < 1.29 is 4.79 Å². The zero-order valence-electron chi connectivity index (χ0n) is 12.3. The number of pyridine rings is 2. The van der Waals surface area contributed by atoms with Crippen LogP contribution in [0.4, 0.5) is 5.69 Å². The summed E-state index contributed by atoms with van der Waals surface area (Å²) in [5.74, 6) is -0.141. The minimum atomic E-state index is -0.141. The Morgan fingerprint density at radius 2 is 1.83 bits per heavy atom. The molecule has 0 aromatic carbocycles. The van der Waals surface area contributed by atoms with Crippen molar-refractivity contribution in [3.8, 4) is 0 Å². The standard InChI is InChI=1S/C16H13N5OS/c1-21(13-4-2-7-17-11-13)15(22)12-5-6-14(20-10-12)23-16-18-8-3-9-19-16/h2-11H,1H3. The molecule has 0 fully saturated rings. The Bertz CT molecular complexity index is 781. The van der Waals surface area contributed by atoms with Crippen molar-refractivity contribution in [1.82, 2.24) is 19.9 Å². The van der Waals surface area contributed by atoms with Gasteiger partial charge < -0.3 is 4.90 Å². The molecule has 0 aliphatic heterocycles. The van der Waals surface area contributed by atoms with E-state index in [1.54, 1.807) is 62.3 Å². The fraction of sp³-hybridized carbons (Fsp3) is 0.0625. The summed E-state index contributed by atoms with van der Waals surface area (Å²) in [6, 6.07) is 8.90. The van der Waals surface area contributed by atoms with Crippen molar-refractivity contribution in [3.63, 3.8) is 0 Å². The first-order chi connectivity index (χ1) is 11.2. The Morgan fingerprint density at radius 1 is 1.00 bits per heavy atom. The van der Waals surface area contributed by atoms with Gasteiger partial charge in [-0.25, -0.2) is 15.0 Å². The Labute approximate surface area is 137 Å². The maximum Gasteiger partial charge on any atom is 0.259 e. The minimum absolute atomic E-state index is 0.141. The third-order valence-electron chi connectivity index (χ3n) is 3.06. The molecule has 3 heterocycles. The highest BCUT2D eigenvalue weighted by Crippen LogP contribution is 2.22. The normalized spacial score (nSPS) is 10.3. The minimum Gasteiger partial charge on any atom is -0.310 e. The van der Waals surface area contributed by atoms with E-state index in [0.717, 1.165) is 10.7 Å². The Hall–Kier alpha value is -2.80. The van der Waals surface area contributed by atoms with Crippen molar-refractivity contribution in [2.24, 2.45) is 0 Å². The molecule has 23 heavy (non-hydrogen) atoms. The van der Waals surface area contributed by atoms with Crippen LogP contribution < -0.4 is 4.90 Å². The fourth-order valence-corrected chi connectivity index (χ4v) is 2.52. The van der Waals surface area contributed by atoms with Crippen LogP contribution in [-0.4, -0.2) is 32.9 Å². The molecule has 6 nitrogen and oxygen atoms in total. The second kappa shape index (κ2) is 6.97. The van der Waals surface area contributed by atoms with Gasteiger partial charge in [0.05, 0.1) is 17.4 Å². The molecule has 7 heteroatoms. The van der Waals surface area contributed by atoms with Crippen LogP contribution in [0.5, 0.6) is 0 Å². The molecular weight excluding hydrogens is 310 g/mol.